The number of anilines is 1. The summed E-state index contributed by atoms with van der Waals surface area (Å²) >= 11 is 0. The lowest BCUT2D eigenvalue weighted by Gasteiger charge is -2.25. The molecule has 0 bridgehead atoms. The van der Waals surface area contributed by atoms with Crippen LogP contribution in [0.1, 0.15) is 13.8 Å². The van der Waals surface area contributed by atoms with Gasteiger partial charge in [-0.05, 0) is 44.8 Å². The van der Waals surface area contributed by atoms with Crippen molar-refractivity contribution in [3.8, 4) is 0 Å². The Kier molecular flexibility index (Phi) is 4.06. The highest BCUT2D eigenvalue weighted by Gasteiger charge is 2.06. The molecule has 0 unspecified atom stereocenters. The Morgan fingerprint density at radius 3 is 2.12 bits per heavy atom. The molecule has 0 radical (unpaired) electrons. The summed E-state index contributed by atoms with van der Waals surface area (Å²) in [7, 11) is 0. The Hall–Kier alpha value is -1.83. The summed E-state index contributed by atoms with van der Waals surface area (Å²) in [5.41, 5.74) is 4.08. The second kappa shape index (κ2) is 5.31. The fourth-order valence-corrected chi connectivity index (χ4v) is 1.45. The van der Waals surface area contributed by atoms with Gasteiger partial charge in [0, 0.05) is 17.9 Å². The van der Waals surface area contributed by atoms with Crippen molar-refractivity contribution in [1.29, 1.82) is 0 Å². The van der Waals surface area contributed by atoms with Crippen LogP contribution >= 0.6 is 0 Å². The standard InChI is InChI=1S/C14H18N2/c1-11(2)10-16(12(3)4)14-8-6-13(15-5)7-9-14/h6-9H,1,3,5,10H2,2,4H3. The normalized spacial score (nSPS) is 9.62. The molecule has 2 heteroatoms. The summed E-state index contributed by atoms with van der Waals surface area (Å²) < 4.78 is 0. The second-order valence-electron chi connectivity index (χ2n) is 3.95. The fourth-order valence-electron chi connectivity index (χ4n) is 1.45. The maximum absolute atomic E-state index is 3.98. The molecule has 1 rings (SSSR count). The first kappa shape index (κ1) is 12.2. The van der Waals surface area contributed by atoms with Gasteiger partial charge >= 0.3 is 0 Å². The largest absolute Gasteiger partial charge is 0.342 e. The lowest BCUT2D eigenvalue weighted by atomic mass is 10.2. The third kappa shape index (κ3) is 3.09. The van der Waals surface area contributed by atoms with E-state index in [-0.39, 0.29) is 0 Å². The molecule has 0 fully saturated rings. The van der Waals surface area contributed by atoms with E-state index in [9.17, 15) is 0 Å². The molecular weight excluding hydrogens is 196 g/mol. The highest BCUT2D eigenvalue weighted by Crippen LogP contribution is 2.22. The quantitative estimate of drug-likeness (QED) is 0.535. The van der Waals surface area contributed by atoms with Crippen LogP contribution in [0.2, 0.25) is 0 Å². The Balaban J connectivity index is 2.96. The van der Waals surface area contributed by atoms with E-state index in [0.717, 1.165) is 29.2 Å². The summed E-state index contributed by atoms with van der Waals surface area (Å²) in [5, 5.41) is 0. The van der Waals surface area contributed by atoms with Gasteiger partial charge in [-0.2, -0.15) is 0 Å². The molecule has 0 atom stereocenters. The molecule has 0 aliphatic heterocycles. The molecule has 0 amide bonds. The highest BCUT2D eigenvalue weighted by molar-refractivity contribution is 5.58. The minimum atomic E-state index is 0.788. The summed E-state index contributed by atoms with van der Waals surface area (Å²) in [6.45, 7) is 16.2. The SMILES string of the molecule is C=Nc1ccc(N(CC(=C)C)C(=C)C)cc1. The molecule has 16 heavy (non-hydrogen) atoms. The van der Waals surface area contributed by atoms with Crippen molar-refractivity contribution in [2.75, 3.05) is 11.4 Å². The van der Waals surface area contributed by atoms with Crippen molar-refractivity contribution < 1.29 is 0 Å². The number of allylic oxidation sites excluding steroid dienone is 1. The minimum absolute atomic E-state index is 0.788. The minimum Gasteiger partial charge on any atom is -0.342 e. The van der Waals surface area contributed by atoms with Gasteiger partial charge in [0.15, 0.2) is 0 Å². The van der Waals surface area contributed by atoms with Crippen LogP contribution in [0, 0.1) is 0 Å². The van der Waals surface area contributed by atoms with Crippen molar-refractivity contribution >= 4 is 18.1 Å². The van der Waals surface area contributed by atoms with Crippen LogP contribution in [0.3, 0.4) is 0 Å². The van der Waals surface area contributed by atoms with Gasteiger partial charge in [-0.3, -0.25) is 4.99 Å². The molecule has 0 aliphatic rings. The number of rotatable bonds is 5. The van der Waals surface area contributed by atoms with Crippen LogP contribution in [0.25, 0.3) is 0 Å². The van der Waals surface area contributed by atoms with Gasteiger partial charge in [0.2, 0.25) is 0 Å². The second-order valence-corrected chi connectivity index (χ2v) is 3.95. The van der Waals surface area contributed by atoms with Crippen LogP contribution in [-0.4, -0.2) is 13.3 Å². The Labute approximate surface area is 97.6 Å². The predicted molar refractivity (Wildman–Crippen MR) is 72.6 cm³/mol. The zero-order valence-corrected chi connectivity index (χ0v) is 10.0. The van der Waals surface area contributed by atoms with Gasteiger partial charge < -0.3 is 4.90 Å². The summed E-state index contributed by atoms with van der Waals surface area (Å²) in [6.07, 6.45) is 0. The number of nitrogens with zero attached hydrogens (tertiary/aromatic N) is 2. The molecule has 0 aromatic heterocycles. The van der Waals surface area contributed by atoms with Crippen LogP contribution in [-0.2, 0) is 0 Å². The zero-order chi connectivity index (χ0) is 12.1. The monoisotopic (exact) mass is 214 g/mol. The van der Waals surface area contributed by atoms with Gasteiger partial charge in [0.25, 0.3) is 0 Å². The van der Waals surface area contributed by atoms with E-state index >= 15 is 0 Å². The zero-order valence-electron chi connectivity index (χ0n) is 10.0. The van der Waals surface area contributed by atoms with E-state index in [4.69, 9.17) is 0 Å². The first-order chi connectivity index (χ1) is 7.54. The van der Waals surface area contributed by atoms with Gasteiger partial charge in [-0.25, -0.2) is 0 Å². The number of hydrogen-bond donors (Lipinski definition) is 0. The van der Waals surface area contributed by atoms with Crippen molar-refractivity contribution in [3.05, 3.63) is 48.7 Å². The molecule has 0 spiro atoms. The van der Waals surface area contributed by atoms with Crippen LogP contribution in [0.15, 0.2) is 53.7 Å². The number of hydrogen-bond acceptors (Lipinski definition) is 2. The molecule has 1 aromatic carbocycles. The predicted octanol–water partition coefficient (Wildman–Crippen LogP) is 3.93. The summed E-state index contributed by atoms with van der Waals surface area (Å²) in [6, 6.07) is 7.91. The van der Waals surface area contributed by atoms with Gasteiger partial charge in [0.05, 0.1) is 5.69 Å². The molecule has 0 heterocycles. The van der Waals surface area contributed by atoms with E-state index in [2.05, 4.69) is 29.8 Å². The molecule has 1 aromatic rings. The third-order valence-corrected chi connectivity index (χ3v) is 2.23. The van der Waals surface area contributed by atoms with Gasteiger partial charge in [-0.15, -0.1) is 0 Å². The highest BCUT2D eigenvalue weighted by atomic mass is 15.1. The number of aliphatic imine (C=N–C) groups is 1. The maximum Gasteiger partial charge on any atom is 0.0623 e. The molecule has 2 nitrogen and oxygen atoms in total. The fraction of sp³-hybridized carbons (Fsp3) is 0.214. The first-order valence-corrected chi connectivity index (χ1v) is 5.19. The molecule has 84 valence electrons. The summed E-state index contributed by atoms with van der Waals surface area (Å²) in [5.74, 6) is 0. The van der Waals surface area contributed by atoms with Crippen molar-refractivity contribution in [3.63, 3.8) is 0 Å². The smallest absolute Gasteiger partial charge is 0.0623 e. The average Bonchev–Trinajstić information content (AvgIpc) is 2.25. The topological polar surface area (TPSA) is 15.6 Å². The Bertz CT molecular complexity index is 401. The van der Waals surface area contributed by atoms with E-state index < -0.39 is 0 Å². The van der Waals surface area contributed by atoms with Crippen LogP contribution in [0.5, 0.6) is 0 Å². The lowest BCUT2D eigenvalue weighted by Crippen LogP contribution is -2.21. The lowest BCUT2D eigenvalue weighted by molar-refractivity contribution is 0.974. The average molecular weight is 214 g/mol. The van der Waals surface area contributed by atoms with Crippen molar-refractivity contribution in [1.82, 2.24) is 0 Å². The van der Waals surface area contributed by atoms with Crippen LogP contribution in [0.4, 0.5) is 11.4 Å². The molecule has 0 saturated carbocycles. The van der Waals surface area contributed by atoms with E-state index in [0.29, 0.717) is 0 Å². The molecule has 0 N–H and O–H groups in total. The van der Waals surface area contributed by atoms with Gasteiger partial charge in [0.1, 0.15) is 0 Å². The molecule has 0 saturated heterocycles. The van der Waals surface area contributed by atoms with E-state index in [1.807, 2.05) is 38.1 Å². The Morgan fingerprint density at radius 2 is 1.75 bits per heavy atom. The molecular formula is C14H18N2. The molecule has 0 aliphatic carbocycles. The third-order valence-electron chi connectivity index (χ3n) is 2.23. The maximum atomic E-state index is 3.98. The summed E-state index contributed by atoms with van der Waals surface area (Å²) in [4.78, 5) is 5.99. The van der Waals surface area contributed by atoms with E-state index in [1.165, 1.54) is 0 Å². The van der Waals surface area contributed by atoms with Crippen molar-refractivity contribution in [2.45, 2.75) is 13.8 Å². The number of benzene rings is 1. The first-order valence-electron chi connectivity index (χ1n) is 5.19. The Morgan fingerprint density at radius 1 is 1.19 bits per heavy atom. The van der Waals surface area contributed by atoms with Crippen molar-refractivity contribution in [2.24, 2.45) is 4.99 Å². The van der Waals surface area contributed by atoms with Gasteiger partial charge in [-0.1, -0.05) is 18.7 Å². The van der Waals surface area contributed by atoms with Crippen LogP contribution < -0.4 is 4.90 Å². The van der Waals surface area contributed by atoms with E-state index in [1.54, 1.807) is 0 Å².